The van der Waals surface area contributed by atoms with Gasteiger partial charge in [-0.15, -0.1) is 0 Å². The van der Waals surface area contributed by atoms with Crippen molar-refractivity contribution in [3.05, 3.63) is 23.3 Å². The summed E-state index contributed by atoms with van der Waals surface area (Å²) in [6, 6.07) is 0.858. The van der Waals surface area contributed by atoms with E-state index in [4.69, 9.17) is 10.4 Å². The maximum atomic E-state index is 9.47. The van der Waals surface area contributed by atoms with Crippen LogP contribution in [0.3, 0.4) is 0 Å². The standard InChI is InChI=1S/C21H35N5O/c1-2-16(15-22)21-24-19(23-17-8-4-3-5-9-17)14-20(25-21)26-12-7-6-10-18(26)11-13-27/h14-15,17-18,22-24,27H,2-13H2,1H3/b21-16+,22-15?/t18-/m0/s1. The summed E-state index contributed by atoms with van der Waals surface area (Å²) in [6.45, 7) is 3.26. The minimum Gasteiger partial charge on any atom is -0.396 e. The average molecular weight is 374 g/mol. The van der Waals surface area contributed by atoms with Gasteiger partial charge in [0.25, 0.3) is 0 Å². The van der Waals surface area contributed by atoms with Crippen molar-refractivity contribution < 1.29 is 5.11 Å². The minimum atomic E-state index is 0.215. The van der Waals surface area contributed by atoms with Gasteiger partial charge in [-0.05, 0) is 44.9 Å². The van der Waals surface area contributed by atoms with Crippen molar-refractivity contribution in [1.82, 2.24) is 15.5 Å². The fourth-order valence-electron chi connectivity index (χ4n) is 4.40. The molecule has 0 aromatic carbocycles. The van der Waals surface area contributed by atoms with Crippen LogP contribution in [0.25, 0.3) is 0 Å². The highest BCUT2D eigenvalue weighted by Crippen LogP contribution is 2.24. The third-order valence-electron chi connectivity index (χ3n) is 5.96. The summed E-state index contributed by atoms with van der Waals surface area (Å²) in [5.74, 6) is 2.76. The van der Waals surface area contributed by atoms with Crippen LogP contribution in [0.15, 0.2) is 28.3 Å². The predicted molar refractivity (Wildman–Crippen MR) is 111 cm³/mol. The first kappa shape index (κ1) is 19.9. The molecule has 2 aliphatic heterocycles. The predicted octanol–water partition coefficient (Wildman–Crippen LogP) is 3.26. The van der Waals surface area contributed by atoms with E-state index in [-0.39, 0.29) is 6.61 Å². The molecular weight excluding hydrogens is 338 g/mol. The number of aliphatic hydroxyl groups is 1. The lowest BCUT2D eigenvalue weighted by Gasteiger charge is -2.39. The number of likely N-dealkylation sites (tertiary alicyclic amines) is 1. The largest absolute Gasteiger partial charge is 0.396 e. The third kappa shape index (κ3) is 5.12. The van der Waals surface area contributed by atoms with E-state index in [1.54, 1.807) is 0 Å². The first-order chi connectivity index (χ1) is 13.2. The highest BCUT2D eigenvalue weighted by Gasteiger charge is 2.27. The van der Waals surface area contributed by atoms with Gasteiger partial charge in [0.05, 0.1) is 0 Å². The molecule has 1 saturated heterocycles. The molecule has 0 aromatic heterocycles. The van der Waals surface area contributed by atoms with Crippen LogP contribution in [-0.4, -0.2) is 47.3 Å². The van der Waals surface area contributed by atoms with Crippen LogP contribution >= 0.6 is 0 Å². The zero-order chi connectivity index (χ0) is 19.1. The molecule has 0 aromatic rings. The zero-order valence-electron chi connectivity index (χ0n) is 16.6. The molecule has 1 aliphatic carbocycles. The highest BCUT2D eigenvalue weighted by molar-refractivity contribution is 5.96. The first-order valence-electron chi connectivity index (χ1n) is 10.7. The molecule has 3 aliphatic rings. The third-order valence-corrected chi connectivity index (χ3v) is 5.96. The Bertz CT molecular complexity index is 602. The molecule has 0 spiro atoms. The van der Waals surface area contributed by atoms with Crippen molar-refractivity contribution in [3.63, 3.8) is 0 Å². The van der Waals surface area contributed by atoms with Crippen molar-refractivity contribution in [3.8, 4) is 0 Å². The van der Waals surface area contributed by atoms with E-state index >= 15 is 0 Å². The highest BCUT2D eigenvalue weighted by atomic mass is 16.3. The Morgan fingerprint density at radius 1 is 1.30 bits per heavy atom. The molecule has 0 radical (unpaired) electrons. The van der Waals surface area contributed by atoms with Gasteiger partial charge >= 0.3 is 0 Å². The van der Waals surface area contributed by atoms with Gasteiger partial charge in [0.2, 0.25) is 0 Å². The molecule has 2 fully saturated rings. The SMILES string of the molecule is CC/C(C=N)=C1\N=C(N2CCCC[C@H]2CCO)C=C(NC2CCCCC2)N1. The number of allylic oxidation sites excluding steroid dienone is 1. The molecule has 3 rings (SSSR count). The summed E-state index contributed by atoms with van der Waals surface area (Å²) in [6.07, 6.45) is 14.9. The Morgan fingerprint density at radius 3 is 2.78 bits per heavy atom. The molecule has 0 unspecified atom stereocenters. The Labute approximate surface area is 163 Å². The van der Waals surface area contributed by atoms with E-state index < -0.39 is 0 Å². The van der Waals surface area contributed by atoms with Gasteiger partial charge < -0.3 is 26.0 Å². The van der Waals surface area contributed by atoms with Crippen molar-refractivity contribution in [2.24, 2.45) is 4.99 Å². The topological polar surface area (TPSA) is 83.7 Å². The second-order valence-electron chi connectivity index (χ2n) is 7.86. The number of aliphatic imine (C=N–C) groups is 1. The van der Waals surface area contributed by atoms with Gasteiger partial charge in [0.15, 0.2) is 0 Å². The number of nitrogens with one attached hydrogen (secondary N) is 3. The van der Waals surface area contributed by atoms with E-state index in [2.05, 4.69) is 28.5 Å². The summed E-state index contributed by atoms with van der Waals surface area (Å²) in [4.78, 5) is 7.25. The summed E-state index contributed by atoms with van der Waals surface area (Å²) in [5, 5.41) is 24.3. The summed E-state index contributed by atoms with van der Waals surface area (Å²) in [5.41, 5.74) is 0.916. The lowest BCUT2D eigenvalue weighted by Crippen LogP contribution is -2.46. The maximum absolute atomic E-state index is 9.47. The number of nitrogens with zero attached hydrogens (tertiary/aromatic N) is 2. The lowest BCUT2D eigenvalue weighted by atomic mass is 9.95. The second-order valence-corrected chi connectivity index (χ2v) is 7.86. The van der Waals surface area contributed by atoms with E-state index in [1.807, 2.05) is 0 Å². The average Bonchev–Trinajstić information content (AvgIpc) is 2.70. The van der Waals surface area contributed by atoms with Gasteiger partial charge in [-0.2, -0.15) is 0 Å². The second kappa shape index (κ2) is 9.93. The van der Waals surface area contributed by atoms with Gasteiger partial charge in [-0.3, -0.25) is 0 Å². The number of hydrogen-bond acceptors (Lipinski definition) is 6. The fourth-order valence-corrected chi connectivity index (χ4v) is 4.40. The number of rotatable bonds is 6. The van der Waals surface area contributed by atoms with Gasteiger partial charge in [-0.1, -0.05) is 26.2 Å². The molecule has 6 nitrogen and oxygen atoms in total. The molecular formula is C21H35N5O. The van der Waals surface area contributed by atoms with Crippen molar-refractivity contribution >= 4 is 12.1 Å². The maximum Gasteiger partial charge on any atom is 0.138 e. The molecule has 1 atom stereocenters. The Balaban J connectivity index is 1.86. The van der Waals surface area contributed by atoms with E-state index in [9.17, 15) is 5.11 Å². The van der Waals surface area contributed by atoms with Crippen molar-refractivity contribution in [1.29, 1.82) is 5.41 Å². The van der Waals surface area contributed by atoms with Crippen LogP contribution in [0, 0.1) is 5.41 Å². The van der Waals surface area contributed by atoms with Gasteiger partial charge in [-0.25, -0.2) is 4.99 Å². The van der Waals surface area contributed by atoms with Crippen LogP contribution in [-0.2, 0) is 0 Å². The van der Waals surface area contributed by atoms with Gasteiger partial charge in [0, 0.05) is 43.1 Å². The number of piperidine rings is 1. The molecule has 2 heterocycles. The summed E-state index contributed by atoms with van der Waals surface area (Å²) in [7, 11) is 0. The molecule has 6 heteroatoms. The van der Waals surface area contributed by atoms with Crippen LogP contribution in [0.4, 0.5) is 0 Å². The molecule has 0 amide bonds. The normalized spacial score (nSPS) is 26.0. The quantitative estimate of drug-likeness (QED) is 0.539. The van der Waals surface area contributed by atoms with Crippen molar-refractivity contribution in [2.75, 3.05) is 13.2 Å². The zero-order valence-corrected chi connectivity index (χ0v) is 16.6. The molecule has 4 N–H and O–H groups in total. The number of hydrogen-bond donors (Lipinski definition) is 4. The first-order valence-corrected chi connectivity index (χ1v) is 10.7. The van der Waals surface area contributed by atoms with E-state index in [0.29, 0.717) is 12.1 Å². The Kier molecular flexibility index (Phi) is 7.33. The Hall–Kier alpha value is -1.82. The van der Waals surface area contributed by atoms with Crippen LogP contribution in [0.2, 0.25) is 0 Å². The Morgan fingerprint density at radius 2 is 2.07 bits per heavy atom. The minimum absolute atomic E-state index is 0.215. The van der Waals surface area contributed by atoms with E-state index in [1.165, 1.54) is 44.7 Å². The van der Waals surface area contributed by atoms with E-state index in [0.717, 1.165) is 55.3 Å². The number of amidine groups is 1. The van der Waals surface area contributed by atoms with Gasteiger partial charge in [0.1, 0.15) is 17.5 Å². The lowest BCUT2D eigenvalue weighted by molar-refractivity contribution is 0.184. The molecule has 27 heavy (non-hydrogen) atoms. The van der Waals surface area contributed by atoms with Crippen LogP contribution in [0.1, 0.15) is 71.1 Å². The van der Waals surface area contributed by atoms with Crippen LogP contribution in [0.5, 0.6) is 0 Å². The molecule has 1 saturated carbocycles. The summed E-state index contributed by atoms with van der Waals surface area (Å²) < 4.78 is 0. The van der Waals surface area contributed by atoms with Crippen LogP contribution < -0.4 is 10.6 Å². The summed E-state index contributed by atoms with van der Waals surface area (Å²) >= 11 is 0. The monoisotopic (exact) mass is 373 g/mol. The molecule has 150 valence electrons. The fraction of sp³-hybridized carbons (Fsp3) is 0.714. The van der Waals surface area contributed by atoms with Crippen molar-refractivity contribution in [2.45, 2.75) is 83.2 Å². The number of aliphatic hydroxyl groups excluding tert-OH is 1. The molecule has 0 bridgehead atoms. The smallest absolute Gasteiger partial charge is 0.138 e.